The zero-order valence-electron chi connectivity index (χ0n) is 19.2. The van der Waals surface area contributed by atoms with Crippen molar-refractivity contribution < 1.29 is 4.79 Å². The van der Waals surface area contributed by atoms with Gasteiger partial charge in [-0.1, -0.05) is 20.4 Å². The summed E-state index contributed by atoms with van der Waals surface area (Å²) in [5.41, 5.74) is 3.59. The van der Waals surface area contributed by atoms with Gasteiger partial charge in [0, 0.05) is 31.4 Å². The molecule has 1 aliphatic rings. The molecule has 1 fully saturated rings. The Hall–Kier alpha value is -3.42. The topological polar surface area (TPSA) is 94.9 Å². The van der Waals surface area contributed by atoms with E-state index in [2.05, 4.69) is 21.9 Å². The lowest BCUT2D eigenvalue weighted by atomic mass is 10.1. The predicted molar refractivity (Wildman–Crippen MR) is 126 cm³/mol. The van der Waals surface area contributed by atoms with Crippen molar-refractivity contribution in [2.45, 2.75) is 46.0 Å². The van der Waals surface area contributed by atoms with E-state index in [9.17, 15) is 9.59 Å². The molecular formula is C24H30N6O2. The van der Waals surface area contributed by atoms with Crippen LogP contribution < -0.4 is 26.5 Å². The number of nitrogens with one attached hydrogen (secondary N) is 2. The van der Waals surface area contributed by atoms with Crippen molar-refractivity contribution in [1.82, 2.24) is 19.9 Å². The third-order valence-electron chi connectivity index (χ3n) is 6.04. The number of amides is 1. The minimum absolute atomic E-state index is 0.0916. The summed E-state index contributed by atoms with van der Waals surface area (Å²) in [5, 5.41) is 6.62. The lowest BCUT2D eigenvalue weighted by Gasteiger charge is -2.29. The maximum atomic E-state index is 12.9. The van der Waals surface area contributed by atoms with E-state index in [0.717, 1.165) is 37.3 Å². The van der Waals surface area contributed by atoms with Crippen LogP contribution in [-0.4, -0.2) is 40.6 Å². The fourth-order valence-electron chi connectivity index (χ4n) is 4.29. The molecule has 0 bridgehead atoms. The summed E-state index contributed by atoms with van der Waals surface area (Å²) < 4.78 is 1.38. The number of rotatable bonds is 4. The van der Waals surface area contributed by atoms with E-state index >= 15 is 0 Å². The summed E-state index contributed by atoms with van der Waals surface area (Å²) in [7, 11) is 1.61. The largest absolute Gasteiger partial charge is 0.372 e. The molecule has 32 heavy (non-hydrogen) atoms. The van der Waals surface area contributed by atoms with Crippen LogP contribution in [0.2, 0.25) is 0 Å². The molecule has 3 heterocycles. The Morgan fingerprint density at radius 2 is 1.97 bits per heavy atom. The van der Waals surface area contributed by atoms with Crippen molar-refractivity contribution in [3.63, 3.8) is 0 Å². The highest BCUT2D eigenvalue weighted by Crippen LogP contribution is 2.27. The molecule has 0 atom stereocenters. The zero-order chi connectivity index (χ0) is 23.0. The van der Waals surface area contributed by atoms with Crippen LogP contribution in [0.3, 0.4) is 0 Å². The van der Waals surface area contributed by atoms with Gasteiger partial charge in [0.15, 0.2) is 5.65 Å². The average molecular weight is 435 g/mol. The van der Waals surface area contributed by atoms with Crippen molar-refractivity contribution in [3.05, 3.63) is 56.1 Å². The van der Waals surface area contributed by atoms with Crippen LogP contribution in [0.1, 0.15) is 60.6 Å². The number of aromatic amines is 1. The Morgan fingerprint density at radius 1 is 1.25 bits per heavy atom. The van der Waals surface area contributed by atoms with Gasteiger partial charge in [-0.25, -0.2) is 9.98 Å². The minimum atomic E-state index is -0.211. The number of hydrogen-bond acceptors (Lipinski definition) is 5. The Morgan fingerprint density at radius 3 is 2.62 bits per heavy atom. The van der Waals surface area contributed by atoms with Crippen LogP contribution in [0.4, 0.5) is 11.4 Å². The number of piperidine rings is 1. The Labute approximate surface area is 186 Å². The SMILES string of the molecule is C=c1[nH]n2c(=O)c(C)c(C(C)C)nc2c1=Nc1ccc(N2CCCCC2)cc1C(=O)NC. The first-order valence-electron chi connectivity index (χ1n) is 11.1. The van der Waals surface area contributed by atoms with Crippen LogP contribution >= 0.6 is 0 Å². The van der Waals surface area contributed by atoms with E-state index in [1.165, 1.54) is 10.9 Å². The lowest BCUT2D eigenvalue weighted by molar-refractivity contribution is 0.0964. The van der Waals surface area contributed by atoms with Gasteiger partial charge in [-0.3, -0.25) is 14.7 Å². The molecule has 1 saturated heterocycles. The number of anilines is 1. The van der Waals surface area contributed by atoms with E-state index in [1.54, 1.807) is 14.0 Å². The van der Waals surface area contributed by atoms with E-state index < -0.39 is 0 Å². The smallest absolute Gasteiger partial charge is 0.275 e. The summed E-state index contributed by atoms with van der Waals surface area (Å²) in [5.74, 6) is -0.120. The molecule has 8 nitrogen and oxygen atoms in total. The Kier molecular flexibility index (Phi) is 5.86. The van der Waals surface area contributed by atoms with Crippen LogP contribution in [-0.2, 0) is 0 Å². The third-order valence-corrected chi connectivity index (χ3v) is 6.04. The van der Waals surface area contributed by atoms with Gasteiger partial charge in [0.05, 0.1) is 22.3 Å². The molecule has 0 radical (unpaired) electrons. The second-order valence-electron chi connectivity index (χ2n) is 8.62. The fraction of sp³-hybridized carbons (Fsp3) is 0.417. The molecule has 1 amide bonds. The fourth-order valence-corrected chi connectivity index (χ4v) is 4.29. The molecule has 1 aromatic carbocycles. The molecule has 0 spiro atoms. The number of aromatic nitrogens is 3. The van der Waals surface area contributed by atoms with Gasteiger partial charge < -0.3 is 10.2 Å². The molecular weight excluding hydrogens is 404 g/mol. The first-order chi connectivity index (χ1) is 15.3. The number of nitrogens with zero attached hydrogens (tertiary/aromatic N) is 4. The van der Waals surface area contributed by atoms with Gasteiger partial charge in [-0.2, -0.15) is 4.52 Å². The normalized spacial score (nSPS) is 15.0. The third kappa shape index (κ3) is 3.81. The highest BCUT2D eigenvalue weighted by Gasteiger charge is 2.18. The van der Waals surface area contributed by atoms with Gasteiger partial charge >= 0.3 is 0 Å². The number of carbonyl (C=O) groups is 1. The molecule has 0 unspecified atom stereocenters. The first-order valence-corrected chi connectivity index (χ1v) is 11.1. The second-order valence-corrected chi connectivity index (χ2v) is 8.62. The zero-order valence-corrected chi connectivity index (χ0v) is 19.2. The predicted octanol–water partition coefficient (Wildman–Crippen LogP) is 2.17. The molecule has 1 aliphatic heterocycles. The summed E-state index contributed by atoms with van der Waals surface area (Å²) >= 11 is 0. The molecule has 8 heteroatoms. The second kappa shape index (κ2) is 8.61. The lowest BCUT2D eigenvalue weighted by Crippen LogP contribution is -2.29. The monoisotopic (exact) mass is 434 g/mol. The van der Waals surface area contributed by atoms with Crippen molar-refractivity contribution in [2.24, 2.45) is 4.99 Å². The molecule has 168 valence electrons. The van der Waals surface area contributed by atoms with Crippen LogP contribution in [0.5, 0.6) is 0 Å². The molecule has 3 aromatic rings. The molecule has 4 rings (SSSR count). The quantitative estimate of drug-likeness (QED) is 0.658. The number of benzene rings is 1. The average Bonchev–Trinajstić information content (AvgIpc) is 3.11. The number of hydrogen-bond donors (Lipinski definition) is 2. The maximum Gasteiger partial charge on any atom is 0.275 e. The minimum Gasteiger partial charge on any atom is -0.372 e. The summed E-state index contributed by atoms with van der Waals surface area (Å²) in [6, 6.07) is 5.74. The van der Waals surface area contributed by atoms with Gasteiger partial charge in [-0.05, 0) is 50.3 Å². The van der Waals surface area contributed by atoms with Crippen molar-refractivity contribution >= 4 is 29.5 Å². The van der Waals surface area contributed by atoms with Crippen molar-refractivity contribution in [1.29, 1.82) is 0 Å². The van der Waals surface area contributed by atoms with Crippen molar-refractivity contribution in [3.8, 4) is 0 Å². The number of H-pyrrole nitrogens is 1. The van der Waals surface area contributed by atoms with Crippen LogP contribution in [0.25, 0.3) is 12.2 Å². The highest BCUT2D eigenvalue weighted by atomic mass is 16.1. The highest BCUT2D eigenvalue weighted by molar-refractivity contribution is 5.99. The molecule has 0 saturated carbocycles. The van der Waals surface area contributed by atoms with Crippen LogP contribution in [0.15, 0.2) is 28.0 Å². The summed E-state index contributed by atoms with van der Waals surface area (Å²) in [6.45, 7) is 11.8. The van der Waals surface area contributed by atoms with Crippen LogP contribution in [0, 0.1) is 6.92 Å². The number of fused-ring (bicyclic) bond motifs is 1. The summed E-state index contributed by atoms with van der Waals surface area (Å²) in [6.07, 6.45) is 3.54. The first kappa shape index (κ1) is 21.8. The van der Waals surface area contributed by atoms with Crippen molar-refractivity contribution in [2.75, 3.05) is 25.0 Å². The molecule has 0 aliphatic carbocycles. The Bertz CT molecular complexity index is 1350. The Balaban J connectivity index is 1.93. The molecule has 2 aromatic heterocycles. The van der Waals surface area contributed by atoms with Gasteiger partial charge in [-0.15, -0.1) is 0 Å². The van der Waals surface area contributed by atoms with E-state index in [0.29, 0.717) is 33.2 Å². The summed E-state index contributed by atoms with van der Waals surface area (Å²) in [4.78, 5) is 37.4. The van der Waals surface area contributed by atoms with Gasteiger partial charge in [0.2, 0.25) is 0 Å². The number of carbonyl (C=O) groups excluding carboxylic acids is 1. The van der Waals surface area contributed by atoms with E-state index in [4.69, 9.17) is 9.98 Å². The maximum absolute atomic E-state index is 12.9. The van der Waals surface area contributed by atoms with E-state index in [1.807, 2.05) is 32.0 Å². The van der Waals surface area contributed by atoms with Gasteiger partial charge in [0.25, 0.3) is 11.5 Å². The van der Waals surface area contributed by atoms with E-state index in [-0.39, 0.29) is 17.4 Å². The standard InChI is InChI=1S/C24H30N6O2/c1-14(2)20-15(3)24(32)30-22(27-20)21(16(4)28-30)26-19-10-9-17(13-18(19)23(31)25-5)29-11-7-6-8-12-29/h9-10,13-14,28H,4,6-8,11-12H2,1-3,5H3,(H,25,31). The van der Waals surface area contributed by atoms with Gasteiger partial charge in [0.1, 0.15) is 5.36 Å². The molecule has 2 N–H and O–H groups in total.